The molecular formula is C13H17N3O2S. The molecule has 5 nitrogen and oxygen atoms in total. The fourth-order valence-corrected chi connectivity index (χ4v) is 3.80. The quantitative estimate of drug-likeness (QED) is 0.838. The number of amidine groups is 1. The van der Waals surface area contributed by atoms with Crippen molar-refractivity contribution in [1.29, 1.82) is 0 Å². The molecule has 0 radical (unpaired) electrons. The minimum absolute atomic E-state index is 0.329. The van der Waals surface area contributed by atoms with Crippen LogP contribution in [0.4, 0.5) is 0 Å². The molecule has 1 unspecified atom stereocenters. The number of fused-ring (bicyclic) bond motifs is 1. The summed E-state index contributed by atoms with van der Waals surface area (Å²) in [6.07, 6.45) is 2.32. The minimum Gasteiger partial charge on any atom is -0.316 e. The smallest absolute Gasteiger partial charge is 0.263 e. The topological polar surface area (TPSA) is 70.6 Å². The highest BCUT2D eigenvalue weighted by molar-refractivity contribution is 7.90. The van der Waals surface area contributed by atoms with E-state index in [4.69, 9.17) is 0 Å². The van der Waals surface area contributed by atoms with E-state index in [0.717, 1.165) is 25.9 Å². The number of rotatable bonds is 2. The average molecular weight is 279 g/mol. The Bertz CT molecular complexity index is 604. The van der Waals surface area contributed by atoms with Crippen LogP contribution in [-0.4, -0.2) is 33.9 Å². The van der Waals surface area contributed by atoms with Crippen LogP contribution in [-0.2, 0) is 10.0 Å². The summed E-state index contributed by atoms with van der Waals surface area (Å²) < 4.78 is 26.4. The van der Waals surface area contributed by atoms with Crippen LogP contribution in [0.1, 0.15) is 18.4 Å². The molecule has 0 amide bonds. The number of benzene rings is 1. The number of piperidine rings is 1. The third-order valence-corrected chi connectivity index (χ3v) is 4.97. The standard InChI is InChI=1S/C13H17N3O2S/c17-19(18)12-6-2-1-5-11(12)13(16-19)15-9-10-4-3-7-14-8-10/h1-2,5-6,10,14H,3-4,7-9H2,(H,15,16). The second-order valence-electron chi connectivity index (χ2n) is 5.00. The van der Waals surface area contributed by atoms with E-state index in [2.05, 4.69) is 15.0 Å². The molecule has 3 rings (SSSR count). The first-order valence-electron chi connectivity index (χ1n) is 6.54. The predicted octanol–water partition coefficient (Wildman–Crippen LogP) is 0.725. The fraction of sp³-hybridized carbons (Fsp3) is 0.462. The lowest BCUT2D eigenvalue weighted by Crippen LogP contribution is -2.32. The Morgan fingerprint density at radius 1 is 1.32 bits per heavy atom. The summed E-state index contributed by atoms with van der Waals surface area (Å²) in [6.45, 7) is 2.70. The van der Waals surface area contributed by atoms with Gasteiger partial charge in [-0.15, -0.1) is 0 Å². The number of hydrogen-bond acceptors (Lipinski definition) is 4. The van der Waals surface area contributed by atoms with Gasteiger partial charge in [0.2, 0.25) is 0 Å². The third kappa shape index (κ3) is 2.50. The molecule has 0 aliphatic carbocycles. The first-order chi connectivity index (χ1) is 9.17. The lowest BCUT2D eigenvalue weighted by Gasteiger charge is -2.20. The second-order valence-corrected chi connectivity index (χ2v) is 6.65. The number of hydrogen-bond donors (Lipinski definition) is 2. The normalized spacial score (nSPS) is 26.9. The lowest BCUT2D eigenvalue weighted by atomic mass is 10.00. The molecule has 1 atom stereocenters. The Kier molecular flexibility index (Phi) is 3.28. The zero-order valence-corrected chi connectivity index (χ0v) is 11.4. The van der Waals surface area contributed by atoms with Crippen LogP contribution < -0.4 is 10.0 Å². The van der Waals surface area contributed by atoms with Gasteiger partial charge < -0.3 is 5.32 Å². The van der Waals surface area contributed by atoms with Crippen molar-refractivity contribution < 1.29 is 8.42 Å². The van der Waals surface area contributed by atoms with Gasteiger partial charge in [0.15, 0.2) is 0 Å². The molecule has 19 heavy (non-hydrogen) atoms. The van der Waals surface area contributed by atoms with Crippen molar-refractivity contribution in [3.8, 4) is 0 Å². The summed E-state index contributed by atoms with van der Waals surface area (Å²) in [5.74, 6) is 0.986. The minimum atomic E-state index is -3.40. The van der Waals surface area contributed by atoms with Crippen LogP contribution in [0.25, 0.3) is 0 Å². The van der Waals surface area contributed by atoms with Crippen molar-refractivity contribution in [2.24, 2.45) is 10.9 Å². The van der Waals surface area contributed by atoms with Gasteiger partial charge in [-0.3, -0.25) is 9.71 Å². The fourth-order valence-electron chi connectivity index (χ4n) is 2.55. The van der Waals surface area contributed by atoms with Crippen molar-refractivity contribution in [3.05, 3.63) is 29.8 Å². The maximum atomic E-state index is 11.9. The summed E-state index contributed by atoms with van der Waals surface area (Å²) >= 11 is 0. The first-order valence-corrected chi connectivity index (χ1v) is 8.02. The van der Waals surface area contributed by atoms with Crippen LogP contribution in [0.5, 0.6) is 0 Å². The highest BCUT2D eigenvalue weighted by Crippen LogP contribution is 2.22. The number of aliphatic imine (C=N–C) groups is 1. The summed E-state index contributed by atoms with van der Waals surface area (Å²) in [4.78, 5) is 4.80. The van der Waals surface area contributed by atoms with E-state index in [9.17, 15) is 8.42 Å². The highest BCUT2D eigenvalue weighted by atomic mass is 32.2. The van der Waals surface area contributed by atoms with E-state index in [1.54, 1.807) is 18.2 Å². The van der Waals surface area contributed by atoms with Gasteiger partial charge in [0.25, 0.3) is 10.0 Å². The van der Waals surface area contributed by atoms with Crippen molar-refractivity contribution >= 4 is 15.9 Å². The van der Waals surface area contributed by atoms with Crippen LogP contribution in [0, 0.1) is 5.92 Å². The van der Waals surface area contributed by atoms with E-state index < -0.39 is 10.0 Å². The molecule has 0 saturated carbocycles. The van der Waals surface area contributed by atoms with Gasteiger partial charge in [0.1, 0.15) is 5.84 Å². The Morgan fingerprint density at radius 3 is 2.95 bits per heavy atom. The van der Waals surface area contributed by atoms with Crippen molar-refractivity contribution in [3.63, 3.8) is 0 Å². The molecule has 1 aromatic carbocycles. The van der Waals surface area contributed by atoms with Crippen LogP contribution >= 0.6 is 0 Å². The molecule has 6 heteroatoms. The maximum Gasteiger partial charge on any atom is 0.263 e. The number of nitrogens with zero attached hydrogens (tertiary/aromatic N) is 1. The summed E-state index contributed by atoms with van der Waals surface area (Å²) in [5, 5.41) is 3.34. The van der Waals surface area contributed by atoms with Gasteiger partial charge >= 0.3 is 0 Å². The molecule has 2 aliphatic rings. The zero-order valence-electron chi connectivity index (χ0n) is 10.6. The molecule has 102 valence electrons. The van der Waals surface area contributed by atoms with Gasteiger partial charge in [-0.1, -0.05) is 12.1 Å². The third-order valence-electron chi connectivity index (χ3n) is 3.57. The lowest BCUT2D eigenvalue weighted by molar-refractivity contribution is 0.386. The molecule has 0 bridgehead atoms. The maximum absolute atomic E-state index is 11.9. The molecule has 2 N–H and O–H groups in total. The zero-order chi connectivity index (χ0) is 13.3. The summed E-state index contributed by atoms with van der Waals surface area (Å²) in [5.41, 5.74) is 0.686. The molecule has 1 fully saturated rings. The first kappa shape index (κ1) is 12.6. The van der Waals surface area contributed by atoms with E-state index >= 15 is 0 Å². The number of nitrogens with one attached hydrogen (secondary N) is 2. The van der Waals surface area contributed by atoms with E-state index in [0.29, 0.717) is 28.8 Å². The Morgan fingerprint density at radius 2 is 2.16 bits per heavy atom. The van der Waals surface area contributed by atoms with E-state index in [-0.39, 0.29) is 0 Å². The average Bonchev–Trinajstić information content (AvgIpc) is 2.70. The van der Waals surface area contributed by atoms with Crippen LogP contribution in [0.3, 0.4) is 0 Å². The SMILES string of the molecule is O=S1(=O)NC(=NCC2CCCNC2)c2ccccc21. The molecule has 1 saturated heterocycles. The van der Waals surface area contributed by atoms with E-state index in [1.165, 1.54) is 0 Å². The second kappa shape index (κ2) is 4.94. The largest absolute Gasteiger partial charge is 0.316 e. The molecule has 2 aliphatic heterocycles. The van der Waals surface area contributed by atoms with Crippen LogP contribution in [0.15, 0.2) is 34.2 Å². The molecule has 0 spiro atoms. The summed E-state index contributed by atoms with van der Waals surface area (Å²) in [6, 6.07) is 6.97. The van der Waals surface area contributed by atoms with Gasteiger partial charge in [-0.2, -0.15) is 0 Å². The molecular weight excluding hydrogens is 262 g/mol. The molecule has 0 aromatic heterocycles. The number of sulfonamides is 1. The van der Waals surface area contributed by atoms with Gasteiger partial charge in [0, 0.05) is 12.1 Å². The van der Waals surface area contributed by atoms with Crippen molar-refractivity contribution in [2.75, 3.05) is 19.6 Å². The van der Waals surface area contributed by atoms with Gasteiger partial charge in [-0.05, 0) is 44.0 Å². The van der Waals surface area contributed by atoms with Crippen LogP contribution in [0.2, 0.25) is 0 Å². The van der Waals surface area contributed by atoms with Crippen molar-refractivity contribution in [2.45, 2.75) is 17.7 Å². The highest BCUT2D eigenvalue weighted by Gasteiger charge is 2.30. The molecule has 1 aromatic rings. The molecule has 2 heterocycles. The van der Waals surface area contributed by atoms with Gasteiger partial charge in [0.05, 0.1) is 4.90 Å². The Hall–Kier alpha value is -1.40. The monoisotopic (exact) mass is 279 g/mol. The summed E-state index contributed by atoms with van der Waals surface area (Å²) in [7, 11) is -3.40. The van der Waals surface area contributed by atoms with Gasteiger partial charge in [-0.25, -0.2) is 8.42 Å². The Balaban J connectivity index is 1.83. The van der Waals surface area contributed by atoms with Crippen molar-refractivity contribution in [1.82, 2.24) is 10.0 Å². The van der Waals surface area contributed by atoms with E-state index in [1.807, 2.05) is 6.07 Å². The predicted molar refractivity (Wildman–Crippen MR) is 73.8 cm³/mol. The Labute approximate surface area is 113 Å².